The maximum Gasteiger partial charge on any atom is 1.00 e. The standard InChI is InChI=1S/C12H22O4.Na.H/c1-10(2)6-4-5-7-12(14)16-9-8-15-11(3)13;;/h10H,4-9H2,1-3H3;;/q;+1;-1. The Morgan fingerprint density at radius 3 is 2.24 bits per heavy atom. The Hall–Kier alpha value is -0.0600. The van der Waals surface area contributed by atoms with Crippen molar-refractivity contribution in [3.63, 3.8) is 0 Å². The minimum absolute atomic E-state index is 0. The van der Waals surface area contributed by atoms with Gasteiger partial charge in [-0.1, -0.05) is 26.7 Å². The maximum absolute atomic E-state index is 11.2. The second kappa shape index (κ2) is 12.4. The molecule has 0 aromatic rings. The van der Waals surface area contributed by atoms with Gasteiger partial charge in [0.15, 0.2) is 0 Å². The summed E-state index contributed by atoms with van der Waals surface area (Å²) in [4.78, 5) is 21.6. The van der Waals surface area contributed by atoms with Crippen LogP contribution in [0.4, 0.5) is 0 Å². The van der Waals surface area contributed by atoms with Crippen molar-refractivity contribution in [3.05, 3.63) is 0 Å². The molecule has 0 aliphatic carbocycles. The first-order chi connectivity index (χ1) is 7.52. The summed E-state index contributed by atoms with van der Waals surface area (Å²) in [6.45, 7) is 5.96. The molecule has 0 heterocycles. The Balaban J connectivity index is -0.00000112. The van der Waals surface area contributed by atoms with Crippen molar-refractivity contribution in [1.29, 1.82) is 0 Å². The predicted octanol–water partition coefficient (Wildman–Crippen LogP) is -0.574. The van der Waals surface area contributed by atoms with Crippen molar-refractivity contribution in [2.24, 2.45) is 5.92 Å². The van der Waals surface area contributed by atoms with E-state index in [0.29, 0.717) is 12.3 Å². The van der Waals surface area contributed by atoms with Crippen LogP contribution in [0.2, 0.25) is 0 Å². The number of hydrogen-bond donors (Lipinski definition) is 0. The van der Waals surface area contributed by atoms with Crippen LogP contribution in [-0.2, 0) is 19.1 Å². The number of hydrogen-bond acceptors (Lipinski definition) is 4. The van der Waals surface area contributed by atoms with Crippen molar-refractivity contribution in [2.45, 2.75) is 46.5 Å². The van der Waals surface area contributed by atoms with Crippen LogP contribution in [0.15, 0.2) is 0 Å². The van der Waals surface area contributed by atoms with E-state index in [-0.39, 0.29) is 56.1 Å². The Morgan fingerprint density at radius 1 is 1.12 bits per heavy atom. The van der Waals surface area contributed by atoms with Crippen molar-refractivity contribution >= 4 is 11.9 Å². The molecule has 0 aliphatic heterocycles. The summed E-state index contributed by atoms with van der Waals surface area (Å²) >= 11 is 0. The molecule has 96 valence electrons. The zero-order valence-corrected chi connectivity index (χ0v) is 13.5. The third-order valence-electron chi connectivity index (χ3n) is 2.06. The van der Waals surface area contributed by atoms with Crippen LogP contribution < -0.4 is 29.6 Å². The molecule has 17 heavy (non-hydrogen) atoms. The summed E-state index contributed by atoms with van der Waals surface area (Å²) in [6.07, 6.45) is 3.51. The SMILES string of the molecule is CC(=O)OCCOC(=O)CCCCC(C)C.[H-].[Na+]. The second-order valence-electron chi connectivity index (χ2n) is 4.20. The van der Waals surface area contributed by atoms with E-state index >= 15 is 0 Å². The molecule has 0 saturated heterocycles. The quantitative estimate of drug-likeness (QED) is 0.330. The van der Waals surface area contributed by atoms with Gasteiger partial charge in [-0.15, -0.1) is 0 Å². The first-order valence-electron chi connectivity index (χ1n) is 5.81. The van der Waals surface area contributed by atoms with Gasteiger partial charge in [-0.05, 0) is 12.3 Å². The van der Waals surface area contributed by atoms with Crippen LogP contribution in [0.3, 0.4) is 0 Å². The fourth-order valence-corrected chi connectivity index (χ4v) is 1.23. The third-order valence-corrected chi connectivity index (χ3v) is 2.06. The molecule has 0 unspecified atom stereocenters. The van der Waals surface area contributed by atoms with Crippen LogP contribution >= 0.6 is 0 Å². The zero-order valence-electron chi connectivity index (χ0n) is 12.5. The molecule has 0 N–H and O–H groups in total. The van der Waals surface area contributed by atoms with Crippen molar-refractivity contribution < 1.29 is 50.0 Å². The summed E-state index contributed by atoms with van der Waals surface area (Å²) in [5.41, 5.74) is 0. The molecule has 0 fully saturated rings. The average Bonchev–Trinajstić information content (AvgIpc) is 2.19. The normalized spacial score (nSPS) is 9.65. The second-order valence-corrected chi connectivity index (χ2v) is 4.20. The van der Waals surface area contributed by atoms with E-state index in [2.05, 4.69) is 18.6 Å². The van der Waals surface area contributed by atoms with E-state index in [4.69, 9.17) is 4.74 Å². The van der Waals surface area contributed by atoms with E-state index in [1.54, 1.807) is 0 Å². The van der Waals surface area contributed by atoms with Gasteiger partial charge < -0.3 is 10.9 Å². The molecule has 5 heteroatoms. The molecule has 0 aromatic carbocycles. The van der Waals surface area contributed by atoms with Crippen LogP contribution in [-0.4, -0.2) is 25.2 Å². The number of esters is 2. The van der Waals surface area contributed by atoms with Crippen molar-refractivity contribution in [2.75, 3.05) is 13.2 Å². The van der Waals surface area contributed by atoms with Gasteiger partial charge in [0.05, 0.1) is 0 Å². The van der Waals surface area contributed by atoms with E-state index in [0.717, 1.165) is 19.3 Å². The van der Waals surface area contributed by atoms with Gasteiger partial charge in [-0.2, -0.15) is 0 Å². The molecule has 0 saturated carbocycles. The number of unbranched alkanes of at least 4 members (excludes halogenated alkanes) is 1. The molecule has 0 bridgehead atoms. The van der Waals surface area contributed by atoms with Crippen LogP contribution in [0.1, 0.15) is 47.9 Å². The van der Waals surface area contributed by atoms with Gasteiger partial charge in [-0.25, -0.2) is 0 Å². The molecule has 0 amide bonds. The molecule has 4 nitrogen and oxygen atoms in total. The van der Waals surface area contributed by atoms with E-state index < -0.39 is 0 Å². The molecular weight excluding hydrogens is 231 g/mol. The largest absolute Gasteiger partial charge is 1.00 e. The molecule has 0 aliphatic rings. The minimum Gasteiger partial charge on any atom is -1.00 e. The molecule has 0 atom stereocenters. The fourth-order valence-electron chi connectivity index (χ4n) is 1.23. The Morgan fingerprint density at radius 2 is 1.71 bits per heavy atom. The van der Waals surface area contributed by atoms with Gasteiger partial charge in [-0.3, -0.25) is 9.59 Å². The third kappa shape index (κ3) is 15.9. The monoisotopic (exact) mass is 254 g/mol. The minimum atomic E-state index is -0.354. The van der Waals surface area contributed by atoms with Crippen LogP contribution in [0, 0.1) is 5.92 Å². The Kier molecular flexibility index (Phi) is 14.1. The first-order valence-corrected chi connectivity index (χ1v) is 5.81. The van der Waals surface area contributed by atoms with Gasteiger partial charge in [0.25, 0.3) is 0 Å². The van der Waals surface area contributed by atoms with Gasteiger partial charge in [0.2, 0.25) is 0 Å². The topological polar surface area (TPSA) is 52.6 Å². The summed E-state index contributed by atoms with van der Waals surface area (Å²) in [7, 11) is 0. The molecule has 0 aromatic heterocycles. The number of carbonyl (C=O) groups excluding carboxylic acids is 2. The summed E-state index contributed by atoms with van der Waals surface area (Å²) in [5.74, 6) is 0.115. The first kappa shape index (κ1) is 19.3. The summed E-state index contributed by atoms with van der Waals surface area (Å²) in [6, 6.07) is 0. The fraction of sp³-hybridized carbons (Fsp3) is 0.833. The van der Waals surface area contributed by atoms with Crippen molar-refractivity contribution in [3.8, 4) is 0 Å². The van der Waals surface area contributed by atoms with Gasteiger partial charge >= 0.3 is 41.5 Å². The summed E-state index contributed by atoms with van der Waals surface area (Å²) in [5, 5.41) is 0. The van der Waals surface area contributed by atoms with E-state index in [9.17, 15) is 9.59 Å². The van der Waals surface area contributed by atoms with E-state index in [1.807, 2.05) is 0 Å². The summed E-state index contributed by atoms with van der Waals surface area (Å²) < 4.78 is 9.52. The van der Waals surface area contributed by atoms with E-state index in [1.165, 1.54) is 6.92 Å². The molecule has 0 spiro atoms. The predicted molar refractivity (Wildman–Crippen MR) is 62.0 cm³/mol. The molecule has 0 rings (SSSR count). The van der Waals surface area contributed by atoms with Crippen LogP contribution in [0.5, 0.6) is 0 Å². The maximum atomic E-state index is 11.2. The molecular formula is C12H23NaO4. The number of rotatable bonds is 8. The van der Waals surface area contributed by atoms with Crippen LogP contribution in [0.25, 0.3) is 0 Å². The average molecular weight is 254 g/mol. The zero-order chi connectivity index (χ0) is 12.4. The van der Waals surface area contributed by atoms with Gasteiger partial charge in [0.1, 0.15) is 13.2 Å². The Bertz CT molecular complexity index is 222. The number of ether oxygens (including phenoxy) is 2. The smallest absolute Gasteiger partial charge is 1.00 e. The number of carbonyl (C=O) groups is 2. The van der Waals surface area contributed by atoms with Gasteiger partial charge in [0, 0.05) is 13.3 Å². The Labute approximate surface area is 127 Å². The molecule has 0 radical (unpaired) electrons. The van der Waals surface area contributed by atoms with Crippen molar-refractivity contribution in [1.82, 2.24) is 0 Å².